The van der Waals surface area contributed by atoms with Gasteiger partial charge in [-0.25, -0.2) is 4.39 Å². The zero-order valence-corrected chi connectivity index (χ0v) is 20.8. The molecule has 4 aliphatic carbocycles. The first-order chi connectivity index (χ1) is 18.4. The first-order valence-electron chi connectivity index (χ1n) is 12.7. The molecule has 0 aromatic heterocycles. The Hall–Kier alpha value is -3.81. The number of fused-ring (bicyclic) bond motifs is 3. The van der Waals surface area contributed by atoms with Crippen molar-refractivity contribution in [3.63, 3.8) is 0 Å². The van der Waals surface area contributed by atoms with E-state index in [0.29, 0.717) is 0 Å². The number of anilines is 1. The maximum absolute atomic E-state index is 15.2. The Morgan fingerprint density at radius 1 is 1.15 bits per heavy atom. The van der Waals surface area contributed by atoms with Crippen molar-refractivity contribution < 1.29 is 44.0 Å². The number of benzene rings is 1. The van der Waals surface area contributed by atoms with Crippen LogP contribution in [0.5, 0.6) is 5.75 Å². The minimum absolute atomic E-state index is 0.0931. The maximum atomic E-state index is 15.2. The standard InChI is InChI=1S/C26H29FN4O8/c27-13-7-14(31-15(32)8-30-10-3-1-2-4-10)20(33)17-11(13)5-9-6-12-19(28)22(35)18(25(29)38)24(37)26(12,39)23(36)16(9)21(17)34/h7,9-10,12,19,30,33,35-36,39H,1-6,8,28H2,(H2,29,38)(H,31,32)/t9-,12-,19-,26-/m0/s1. The second kappa shape index (κ2) is 9.43. The third-order valence-electron chi connectivity index (χ3n) is 8.38. The van der Waals surface area contributed by atoms with Crippen LogP contribution in [0.1, 0.15) is 48.0 Å². The number of rotatable bonds is 5. The number of aliphatic hydroxyl groups is 3. The van der Waals surface area contributed by atoms with E-state index in [4.69, 9.17) is 11.5 Å². The summed E-state index contributed by atoms with van der Waals surface area (Å²) in [6.07, 6.45) is 3.50. The van der Waals surface area contributed by atoms with Gasteiger partial charge in [0, 0.05) is 29.2 Å². The molecular weight excluding hydrogens is 515 g/mol. The predicted molar refractivity (Wildman–Crippen MR) is 133 cm³/mol. The molecule has 1 aromatic rings. The molecule has 10 N–H and O–H groups in total. The average Bonchev–Trinajstić information content (AvgIpc) is 3.40. The van der Waals surface area contributed by atoms with E-state index in [1.807, 2.05) is 0 Å². The normalized spacial score (nSPS) is 28.7. The summed E-state index contributed by atoms with van der Waals surface area (Å²) in [5.74, 6) is -10.3. The lowest BCUT2D eigenvalue weighted by molar-refractivity contribution is -0.145. The van der Waals surface area contributed by atoms with Gasteiger partial charge in [0.1, 0.15) is 22.9 Å². The number of aliphatic hydroxyl groups excluding tert-OH is 2. The number of phenolic OH excluding ortho intramolecular Hbond substituents is 1. The summed E-state index contributed by atoms with van der Waals surface area (Å²) in [5.41, 5.74) is 5.79. The van der Waals surface area contributed by atoms with Gasteiger partial charge in [-0.15, -0.1) is 0 Å². The summed E-state index contributed by atoms with van der Waals surface area (Å²) in [6.45, 7) is -0.0931. The van der Waals surface area contributed by atoms with Crippen LogP contribution >= 0.6 is 0 Å². The van der Waals surface area contributed by atoms with Gasteiger partial charge in [-0.05, 0) is 31.6 Å². The molecule has 1 saturated carbocycles. The molecule has 0 bridgehead atoms. The number of carbonyl (C=O) groups is 4. The van der Waals surface area contributed by atoms with Gasteiger partial charge in [0.05, 0.1) is 23.8 Å². The number of allylic oxidation sites excluding steroid dienone is 1. The summed E-state index contributed by atoms with van der Waals surface area (Å²) >= 11 is 0. The molecule has 0 heterocycles. The molecule has 0 spiro atoms. The Kier molecular flexibility index (Phi) is 6.48. The molecule has 1 aromatic carbocycles. The number of Topliss-reactive ketones (excluding diaryl/α,β-unsaturated/α-hetero) is 2. The van der Waals surface area contributed by atoms with E-state index >= 15 is 4.39 Å². The molecule has 0 aliphatic heterocycles. The minimum Gasteiger partial charge on any atom is -0.510 e. The van der Waals surface area contributed by atoms with Crippen LogP contribution in [-0.2, 0) is 20.8 Å². The van der Waals surface area contributed by atoms with Crippen LogP contribution in [0.2, 0.25) is 0 Å². The Balaban J connectivity index is 1.51. The largest absolute Gasteiger partial charge is 0.510 e. The molecule has 0 unspecified atom stereocenters. The van der Waals surface area contributed by atoms with E-state index in [2.05, 4.69) is 10.6 Å². The summed E-state index contributed by atoms with van der Waals surface area (Å²) < 4.78 is 15.2. The lowest BCUT2D eigenvalue weighted by atomic mass is 9.59. The summed E-state index contributed by atoms with van der Waals surface area (Å²) in [7, 11) is 0. The molecule has 2 amide bonds. The second-order valence-corrected chi connectivity index (χ2v) is 10.6. The number of hydrogen-bond acceptors (Lipinski definition) is 10. The van der Waals surface area contributed by atoms with Crippen LogP contribution in [0.15, 0.2) is 28.7 Å². The molecule has 1 fully saturated rings. The zero-order chi connectivity index (χ0) is 28.4. The highest BCUT2D eigenvalue weighted by Crippen LogP contribution is 2.52. The maximum Gasteiger partial charge on any atom is 0.255 e. The Morgan fingerprint density at radius 2 is 1.82 bits per heavy atom. The quantitative estimate of drug-likeness (QED) is 0.185. The van der Waals surface area contributed by atoms with Crippen LogP contribution in [0.25, 0.3) is 0 Å². The lowest BCUT2D eigenvalue weighted by Crippen LogP contribution is -2.63. The van der Waals surface area contributed by atoms with Gasteiger partial charge >= 0.3 is 0 Å². The number of phenols is 1. The fraction of sp³-hybridized carbons (Fsp3) is 0.462. The van der Waals surface area contributed by atoms with Crippen LogP contribution in [0.4, 0.5) is 10.1 Å². The molecule has 39 heavy (non-hydrogen) atoms. The van der Waals surface area contributed by atoms with Crippen molar-refractivity contribution in [3.05, 3.63) is 45.7 Å². The zero-order valence-electron chi connectivity index (χ0n) is 20.8. The molecule has 0 radical (unpaired) electrons. The molecule has 13 heteroatoms. The van der Waals surface area contributed by atoms with E-state index in [1.54, 1.807) is 0 Å². The summed E-state index contributed by atoms with van der Waals surface area (Å²) in [6, 6.07) is -0.419. The summed E-state index contributed by atoms with van der Waals surface area (Å²) in [4.78, 5) is 50.9. The number of ketones is 2. The smallest absolute Gasteiger partial charge is 0.255 e. The molecule has 5 rings (SSSR count). The molecule has 208 valence electrons. The highest BCUT2D eigenvalue weighted by Gasteiger charge is 2.62. The summed E-state index contributed by atoms with van der Waals surface area (Å²) in [5, 5.41) is 49.1. The van der Waals surface area contributed by atoms with E-state index in [9.17, 15) is 39.6 Å². The number of primary amides is 1. The van der Waals surface area contributed by atoms with E-state index in [1.165, 1.54) is 0 Å². The Labute approximate surface area is 221 Å². The Bertz CT molecular complexity index is 1380. The highest BCUT2D eigenvalue weighted by atomic mass is 19.1. The number of nitrogens with one attached hydrogen (secondary N) is 2. The van der Waals surface area contributed by atoms with Gasteiger partial charge in [-0.3, -0.25) is 19.2 Å². The second-order valence-electron chi connectivity index (χ2n) is 10.6. The van der Waals surface area contributed by atoms with Gasteiger partial charge in [0.2, 0.25) is 11.7 Å². The fourth-order valence-corrected chi connectivity index (χ4v) is 6.39. The van der Waals surface area contributed by atoms with Crippen molar-refractivity contribution in [2.45, 2.75) is 56.2 Å². The van der Waals surface area contributed by atoms with Crippen molar-refractivity contribution in [3.8, 4) is 5.75 Å². The van der Waals surface area contributed by atoms with Crippen molar-refractivity contribution in [2.24, 2.45) is 23.3 Å². The number of halogens is 1. The van der Waals surface area contributed by atoms with E-state index < -0.39 is 86.7 Å². The molecule has 4 aliphatic rings. The average molecular weight is 545 g/mol. The third-order valence-corrected chi connectivity index (χ3v) is 8.38. The van der Waals surface area contributed by atoms with Crippen molar-refractivity contribution in [1.29, 1.82) is 0 Å². The third kappa shape index (κ3) is 3.99. The van der Waals surface area contributed by atoms with Crippen molar-refractivity contribution >= 4 is 29.1 Å². The lowest BCUT2D eigenvalue weighted by Gasteiger charge is -2.47. The predicted octanol–water partition coefficient (Wildman–Crippen LogP) is 0.128. The van der Waals surface area contributed by atoms with Crippen LogP contribution in [-0.4, -0.2) is 68.0 Å². The number of carbonyl (C=O) groups excluding carboxylic acids is 4. The number of nitrogens with two attached hydrogens (primary N) is 2. The molecular formula is C26H29FN4O8. The molecule has 12 nitrogen and oxygen atoms in total. The van der Waals surface area contributed by atoms with Crippen molar-refractivity contribution in [2.75, 3.05) is 11.9 Å². The number of aromatic hydroxyl groups is 1. The van der Waals surface area contributed by atoms with Gasteiger partial charge in [-0.2, -0.15) is 0 Å². The Morgan fingerprint density at radius 3 is 2.46 bits per heavy atom. The highest BCUT2D eigenvalue weighted by molar-refractivity contribution is 6.25. The number of amides is 2. The van der Waals surface area contributed by atoms with Crippen molar-refractivity contribution in [1.82, 2.24) is 5.32 Å². The first-order valence-corrected chi connectivity index (χ1v) is 12.7. The number of hydrogen-bond donors (Lipinski definition) is 8. The van der Waals surface area contributed by atoms with Crippen LogP contribution < -0.4 is 22.1 Å². The topological polar surface area (TPSA) is 225 Å². The van der Waals surface area contributed by atoms with Crippen LogP contribution in [0, 0.1) is 17.7 Å². The van der Waals surface area contributed by atoms with Gasteiger partial charge in [0.15, 0.2) is 17.1 Å². The molecule has 4 atom stereocenters. The van der Waals surface area contributed by atoms with E-state index in [-0.39, 0.29) is 36.7 Å². The minimum atomic E-state index is -2.86. The first kappa shape index (κ1) is 26.8. The van der Waals surface area contributed by atoms with Crippen LogP contribution in [0.3, 0.4) is 0 Å². The van der Waals surface area contributed by atoms with E-state index in [0.717, 1.165) is 31.7 Å². The monoisotopic (exact) mass is 544 g/mol. The van der Waals surface area contributed by atoms with Gasteiger partial charge < -0.3 is 42.5 Å². The van der Waals surface area contributed by atoms with Gasteiger partial charge in [0.25, 0.3) is 5.91 Å². The fourth-order valence-electron chi connectivity index (χ4n) is 6.39. The SMILES string of the molecule is NC(=O)C1=C(O)[C@@H](N)[C@@H]2C[C@@H]3Cc4c(F)cc(NC(=O)CNC5CCCC5)c(O)c4C(=O)C3=C(O)[C@]2(O)C1=O. The molecule has 0 saturated heterocycles. The van der Waals surface area contributed by atoms with Gasteiger partial charge in [-0.1, -0.05) is 12.8 Å².